The van der Waals surface area contributed by atoms with Crippen molar-refractivity contribution in [2.45, 2.75) is 26.2 Å². The van der Waals surface area contributed by atoms with Gasteiger partial charge in [0.1, 0.15) is 17.3 Å². The predicted octanol–water partition coefficient (Wildman–Crippen LogP) is 5.61. The van der Waals surface area contributed by atoms with E-state index in [-0.39, 0.29) is 11.7 Å². The fourth-order valence-electron chi connectivity index (χ4n) is 3.55. The topological polar surface area (TPSA) is 42.4 Å². The largest absolute Gasteiger partial charge is 0.457 e. The molecule has 2 aromatic carbocycles. The highest BCUT2D eigenvalue weighted by Crippen LogP contribution is 2.26. The maximum atomic E-state index is 13.0. The zero-order valence-electron chi connectivity index (χ0n) is 16.4. The molecule has 3 aromatic rings. The molecular weight excluding hydrogens is 367 g/mol. The Balaban J connectivity index is 1.54. The molecule has 0 bridgehead atoms. The van der Waals surface area contributed by atoms with Gasteiger partial charge in [-0.3, -0.25) is 9.78 Å². The van der Waals surface area contributed by atoms with Crippen LogP contribution in [0.2, 0.25) is 0 Å². The molecule has 29 heavy (non-hydrogen) atoms. The van der Waals surface area contributed by atoms with Crippen molar-refractivity contribution in [2.24, 2.45) is 0 Å². The van der Waals surface area contributed by atoms with Gasteiger partial charge >= 0.3 is 0 Å². The summed E-state index contributed by atoms with van der Waals surface area (Å²) in [5, 5.41) is 0. The van der Waals surface area contributed by atoms with Crippen LogP contribution in [0.5, 0.6) is 11.5 Å². The minimum absolute atomic E-state index is 0.0766. The van der Waals surface area contributed by atoms with Gasteiger partial charge in [0.15, 0.2) is 0 Å². The second-order valence-electron chi connectivity index (χ2n) is 7.32. The number of nitrogens with zero attached hydrogens (tertiary/aromatic N) is 2. The average Bonchev–Trinajstić information content (AvgIpc) is 2.75. The number of carbonyl (C=O) groups excluding carboxylic acids is 1. The van der Waals surface area contributed by atoms with Crippen molar-refractivity contribution in [2.75, 3.05) is 13.1 Å². The molecular formula is C24H23FN2O2. The number of rotatable bonds is 4. The van der Waals surface area contributed by atoms with Gasteiger partial charge in [0.2, 0.25) is 0 Å². The minimum Gasteiger partial charge on any atom is -0.457 e. The van der Waals surface area contributed by atoms with E-state index < -0.39 is 0 Å². The third-order valence-corrected chi connectivity index (χ3v) is 5.04. The van der Waals surface area contributed by atoms with Crippen LogP contribution in [0.25, 0.3) is 11.3 Å². The van der Waals surface area contributed by atoms with Crippen molar-refractivity contribution >= 4 is 5.91 Å². The van der Waals surface area contributed by atoms with Crippen molar-refractivity contribution in [1.82, 2.24) is 9.88 Å². The summed E-state index contributed by atoms with van der Waals surface area (Å²) in [6.45, 7) is 3.55. The highest BCUT2D eigenvalue weighted by Gasteiger charge is 2.19. The van der Waals surface area contributed by atoms with E-state index in [0.29, 0.717) is 17.1 Å². The molecule has 0 atom stereocenters. The van der Waals surface area contributed by atoms with E-state index in [1.54, 1.807) is 12.1 Å². The summed E-state index contributed by atoms with van der Waals surface area (Å²) in [6.07, 6.45) is 3.33. The maximum Gasteiger partial charge on any atom is 0.253 e. The Morgan fingerprint density at radius 3 is 2.21 bits per heavy atom. The smallest absolute Gasteiger partial charge is 0.253 e. The standard InChI is InChI=1S/C24H23FN2O2/c1-17-15-19(24(28)27-13-3-2-4-14-27)16-23(26-17)18-5-9-21(10-6-18)29-22-11-7-20(25)8-12-22/h5-12,15-16H,2-4,13-14H2,1H3. The van der Waals surface area contributed by atoms with E-state index in [4.69, 9.17) is 4.74 Å². The number of likely N-dealkylation sites (tertiary alicyclic amines) is 1. The monoisotopic (exact) mass is 390 g/mol. The Hall–Kier alpha value is -3.21. The lowest BCUT2D eigenvalue weighted by atomic mass is 10.1. The lowest BCUT2D eigenvalue weighted by molar-refractivity contribution is 0.0724. The second-order valence-corrected chi connectivity index (χ2v) is 7.32. The highest BCUT2D eigenvalue weighted by molar-refractivity contribution is 5.95. The van der Waals surface area contributed by atoms with Crippen molar-refractivity contribution in [3.8, 4) is 22.8 Å². The fraction of sp³-hybridized carbons (Fsp3) is 0.250. The quantitative estimate of drug-likeness (QED) is 0.581. The first-order valence-corrected chi connectivity index (χ1v) is 9.90. The molecule has 4 nitrogen and oxygen atoms in total. The zero-order chi connectivity index (χ0) is 20.2. The molecule has 0 aliphatic carbocycles. The number of amides is 1. The number of benzene rings is 2. The summed E-state index contributed by atoms with van der Waals surface area (Å²) in [7, 11) is 0. The van der Waals surface area contributed by atoms with E-state index in [1.165, 1.54) is 18.6 Å². The highest BCUT2D eigenvalue weighted by atomic mass is 19.1. The van der Waals surface area contributed by atoms with E-state index in [2.05, 4.69) is 4.98 Å². The summed E-state index contributed by atoms with van der Waals surface area (Å²) < 4.78 is 18.8. The number of pyridine rings is 1. The van der Waals surface area contributed by atoms with Crippen molar-refractivity contribution in [1.29, 1.82) is 0 Å². The van der Waals surface area contributed by atoms with Crippen molar-refractivity contribution in [3.63, 3.8) is 0 Å². The van der Waals surface area contributed by atoms with Gasteiger partial charge in [0.05, 0.1) is 5.69 Å². The van der Waals surface area contributed by atoms with Gasteiger partial charge in [-0.15, -0.1) is 0 Å². The van der Waals surface area contributed by atoms with Crippen LogP contribution in [0.15, 0.2) is 60.7 Å². The van der Waals surface area contributed by atoms with Crippen LogP contribution >= 0.6 is 0 Å². The first-order valence-electron chi connectivity index (χ1n) is 9.90. The molecule has 148 valence electrons. The van der Waals surface area contributed by atoms with Gasteiger partial charge in [-0.05, 0) is 86.8 Å². The zero-order valence-corrected chi connectivity index (χ0v) is 16.4. The molecule has 1 amide bonds. The van der Waals surface area contributed by atoms with Crippen molar-refractivity contribution < 1.29 is 13.9 Å². The Labute approximate surface area is 170 Å². The van der Waals surface area contributed by atoms with Gasteiger partial charge in [-0.2, -0.15) is 0 Å². The number of hydrogen-bond donors (Lipinski definition) is 0. The number of aromatic nitrogens is 1. The Bertz CT molecular complexity index is 994. The van der Waals surface area contributed by atoms with Gasteiger partial charge in [0.25, 0.3) is 5.91 Å². The first-order chi connectivity index (χ1) is 14.1. The number of halogens is 1. The van der Waals surface area contributed by atoms with E-state index in [1.807, 2.05) is 48.2 Å². The molecule has 1 aliphatic rings. The lowest BCUT2D eigenvalue weighted by Gasteiger charge is -2.27. The third kappa shape index (κ3) is 4.62. The van der Waals surface area contributed by atoms with E-state index in [9.17, 15) is 9.18 Å². The lowest BCUT2D eigenvalue weighted by Crippen LogP contribution is -2.35. The summed E-state index contributed by atoms with van der Waals surface area (Å²) in [4.78, 5) is 19.4. The molecule has 2 heterocycles. The second kappa shape index (κ2) is 8.43. The number of ether oxygens (including phenoxy) is 1. The maximum absolute atomic E-state index is 13.0. The molecule has 5 heteroatoms. The molecule has 4 rings (SSSR count). The first kappa shape index (κ1) is 19.1. The van der Waals surface area contributed by atoms with Crippen LogP contribution < -0.4 is 4.74 Å². The van der Waals surface area contributed by atoms with Crippen LogP contribution in [0, 0.1) is 12.7 Å². The van der Waals surface area contributed by atoms with Crippen LogP contribution in [0.1, 0.15) is 35.3 Å². The molecule has 0 spiro atoms. The fourth-order valence-corrected chi connectivity index (χ4v) is 3.55. The molecule has 0 N–H and O–H groups in total. The van der Waals surface area contributed by atoms with Gasteiger partial charge < -0.3 is 9.64 Å². The summed E-state index contributed by atoms with van der Waals surface area (Å²) in [5.41, 5.74) is 3.17. The molecule has 1 aliphatic heterocycles. The van der Waals surface area contributed by atoms with Crippen LogP contribution in [0.4, 0.5) is 4.39 Å². The number of aryl methyl sites for hydroxylation is 1. The van der Waals surface area contributed by atoms with Crippen LogP contribution in [-0.4, -0.2) is 28.9 Å². The molecule has 0 saturated carbocycles. The summed E-state index contributed by atoms with van der Waals surface area (Å²) in [6, 6.07) is 17.1. The normalized spacial score (nSPS) is 13.9. The van der Waals surface area contributed by atoms with E-state index >= 15 is 0 Å². The minimum atomic E-state index is -0.298. The number of carbonyl (C=O) groups is 1. The van der Waals surface area contributed by atoms with Crippen LogP contribution in [0.3, 0.4) is 0 Å². The average molecular weight is 390 g/mol. The Morgan fingerprint density at radius 1 is 0.931 bits per heavy atom. The summed E-state index contributed by atoms with van der Waals surface area (Å²) in [5.74, 6) is 1.00. The molecule has 1 fully saturated rings. The number of piperidine rings is 1. The van der Waals surface area contributed by atoms with Crippen LogP contribution in [-0.2, 0) is 0 Å². The van der Waals surface area contributed by atoms with Crippen molar-refractivity contribution in [3.05, 3.63) is 77.7 Å². The Kier molecular flexibility index (Phi) is 5.56. The summed E-state index contributed by atoms with van der Waals surface area (Å²) >= 11 is 0. The molecule has 1 saturated heterocycles. The van der Waals surface area contributed by atoms with Gasteiger partial charge in [0, 0.05) is 29.9 Å². The predicted molar refractivity (Wildman–Crippen MR) is 111 cm³/mol. The molecule has 0 radical (unpaired) electrons. The third-order valence-electron chi connectivity index (χ3n) is 5.04. The molecule has 1 aromatic heterocycles. The SMILES string of the molecule is Cc1cc(C(=O)N2CCCCC2)cc(-c2ccc(Oc3ccc(F)cc3)cc2)n1. The molecule has 0 unspecified atom stereocenters. The van der Waals surface area contributed by atoms with Gasteiger partial charge in [-0.25, -0.2) is 4.39 Å². The number of hydrogen-bond acceptors (Lipinski definition) is 3. The van der Waals surface area contributed by atoms with E-state index in [0.717, 1.165) is 42.9 Å². The van der Waals surface area contributed by atoms with Gasteiger partial charge in [-0.1, -0.05) is 0 Å². The Morgan fingerprint density at radius 2 is 1.55 bits per heavy atom.